The Bertz CT molecular complexity index is 390. The number of rotatable bonds is 6. The summed E-state index contributed by atoms with van der Waals surface area (Å²) < 4.78 is 10.8. The van der Waals surface area contributed by atoms with E-state index in [9.17, 15) is 0 Å². The second kappa shape index (κ2) is 5.73. The molecule has 1 heterocycles. The van der Waals surface area contributed by atoms with Gasteiger partial charge in [0.05, 0.1) is 0 Å². The van der Waals surface area contributed by atoms with Gasteiger partial charge in [0, 0.05) is 18.2 Å². The number of nitrogens with one attached hydrogen (secondary N) is 1. The molecule has 1 aliphatic heterocycles. The maximum absolute atomic E-state index is 5.46. The first-order valence-corrected chi connectivity index (χ1v) is 6.03. The van der Waals surface area contributed by atoms with Crippen LogP contribution in [0.15, 0.2) is 30.9 Å². The van der Waals surface area contributed by atoms with E-state index in [1.807, 2.05) is 18.2 Å². The van der Waals surface area contributed by atoms with Crippen LogP contribution >= 0.6 is 0 Å². The van der Waals surface area contributed by atoms with E-state index in [-0.39, 0.29) is 0 Å². The standard InChI is InChI=1S/C14H19NO2/c1-3-4-6-11(2)15-9-12-7-5-8-13-14(12)17-10-16-13/h3,5,7-8,11,15H,1,4,6,9-10H2,2H3. The van der Waals surface area contributed by atoms with E-state index in [4.69, 9.17) is 9.47 Å². The number of fused-ring (bicyclic) bond motifs is 1. The van der Waals surface area contributed by atoms with Crippen molar-refractivity contribution in [1.29, 1.82) is 0 Å². The van der Waals surface area contributed by atoms with Gasteiger partial charge in [-0.15, -0.1) is 6.58 Å². The summed E-state index contributed by atoms with van der Waals surface area (Å²) in [7, 11) is 0. The van der Waals surface area contributed by atoms with Crippen molar-refractivity contribution in [3.63, 3.8) is 0 Å². The van der Waals surface area contributed by atoms with Gasteiger partial charge in [-0.25, -0.2) is 0 Å². The Hall–Kier alpha value is -1.48. The second-order valence-electron chi connectivity index (χ2n) is 4.30. The molecular formula is C14H19NO2. The SMILES string of the molecule is C=CCCC(C)NCc1cccc2c1OCO2. The molecule has 1 aromatic carbocycles. The van der Waals surface area contributed by atoms with E-state index in [1.165, 1.54) is 0 Å². The number of hydrogen-bond acceptors (Lipinski definition) is 3. The van der Waals surface area contributed by atoms with E-state index in [0.29, 0.717) is 12.8 Å². The van der Waals surface area contributed by atoms with Crippen LogP contribution in [0.4, 0.5) is 0 Å². The van der Waals surface area contributed by atoms with Crippen molar-refractivity contribution < 1.29 is 9.47 Å². The first-order valence-electron chi connectivity index (χ1n) is 6.03. The van der Waals surface area contributed by atoms with Gasteiger partial charge in [0.1, 0.15) is 0 Å². The van der Waals surface area contributed by atoms with Gasteiger partial charge in [-0.2, -0.15) is 0 Å². The van der Waals surface area contributed by atoms with Crippen LogP contribution in [0.2, 0.25) is 0 Å². The van der Waals surface area contributed by atoms with E-state index in [2.05, 4.69) is 24.9 Å². The Morgan fingerprint density at radius 2 is 2.35 bits per heavy atom. The maximum atomic E-state index is 5.46. The van der Waals surface area contributed by atoms with Crippen LogP contribution in [0.5, 0.6) is 11.5 Å². The maximum Gasteiger partial charge on any atom is 0.231 e. The third kappa shape index (κ3) is 3.01. The van der Waals surface area contributed by atoms with Crippen molar-refractivity contribution in [2.75, 3.05) is 6.79 Å². The lowest BCUT2D eigenvalue weighted by Gasteiger charge is -2.13. The minimum atomic E-state index is 0.332. The van der Waals surface area contributed by atoms with Gasteiger partial charge in [0.2, 0.25) is 6.79 Å². The van der Waals surface area contributed by atoms with Crippen LogP contribution in [0.3, 0.4) is 0 Å². The van der Waals surface area contributed by atoms with E-state index >= 15 is 0 Å². The van der Waals surface area contributed by atoms with Gasteiger partial charge in [-0.1, -0.05) is 18.2 Å². The van der Waals surface area contributed by atoms with Crippen molar-refractivity contribution in [3.05, 3.63) is 36.4 Å². The molecule has 0 aromatic heterocycles. The van der Waals surface area contributed by atoms with Gasteiger partial charge in [0.25, 0.3) is 0 Å². The van der Waals surface area contributed by atoms with E-state index in [1.54, 1.807) is 0 Å². The van der Waals surface area contributed by atoms with Gasteiger partial charge >= 0.3 is 0 Å². The normalized spacial score (nSPS) is 14.6. The van der Waals surface area contributed by atoms with E-state index in [0.717, 1.165) is 36.4 Å². The Morgan fingerprint density at radius 1 is 1.47 bits per heavy atom. The van der Waals surface area contributed by atoms with Crippen molar-refractivity contribution in [2.24, 2.45) is 0 Å². The third-order valence-electron chi connectivity index (χ3n) is 2.92. The highest BCUT2D eigenvalue weighted by molar-refractivity contribution is 5.48. The van der Waals surface area contributed by atoms with Crippen molar-refractivity contribution in [3.8, 4) is 11.5 Å². The fraction of sp³-hybridized carbons (Fsp3) is 0.429. The summed E-state index contributed by atoms with van der Waals surface area (Å²) in [6, 6.07) is 6.48. The Kier molecular flexibility index (Phi) is 4.04. The lowest BCUT2D eigenvalue weighted by atomic mass is 10.1. The summed E-state index contributed by atoms with van der Waals surface area (Å²) in [6.45, 7) is 7.06. The fourth-order valence-corrected chi connectivity index (χ4v) is 1.88. The molecule has 2 rings (SSSR count). The minimum Gasteiger partial charge on any atom is -0.454 e. The molecule has 0 radical (unpaired) electrons. The molecule has 0 aliphatic carbocycles. The van der Waals surface area contributed by atoms with Crippen molar-refractivity contribution in [1.82, 2.24) is 5.32 Å². The average Bonchev–Trinajstić information content (AvgIpc) is 2.82. The quantitative estimate of drug-likeness (QED) is 0.766. The van der Waals surface area contributed by atoms with Gasteiger partial charge in [-0.05, 0) is 25.8 Å². The van der Waals surface area contributed by atoms with Gasteiger partial charge in [0.15, 0.2) is 11.5 Å². The minimum absolute atomic E-state index is 0.332. The number of ether oxygens (including phenoxy) is 2. The zero-order valence-electron chi connectivity index (χ0n) is 10.2. The highest BCUT2D eigenvalue weighted by atomic mass is 16.7. The average molecular weight is 233 g/mol. The first kappa shape index (κ1) is 12.0. The fourth-order valence-electron chi connectivity index (χ4n) is 1.88. The predicted octanol–water partition coefficient (Wildman–Crippen LogP) is 2.86. The summed E-state index contributed by atoms with van der Waals surface area (Å²) >= 11 is 0. The molecule has 0 saturated carbocycles. The van der Waals surface area contributed by atoms with Crippen LogP contribution in [0, 0.1) is 0 Å². The molecule has 1 N–H and O–H groups in total. The van der Waals surface area contributed by atoms with Crippen LogP contribution in [-0.4, -0.2) is 12.8 Å². The van der Waals surface area contributed by atoms with Crippen LogP contribution in [-0.2, 0) is 6.54 Å². The molecule has 1 unspecified atom stereocenters. The molecule has 92 valence electrons. The largest absolute Gasteiger partial charge is 0.454 e. The summed E-state index contributed by atoms with van der Waals surface area (Å²) in [5.41, 5.74) is 1.16. The number of hydrogen-bond donors (Lipinski definition) is 1. The van der Waals surface area contributed by atoms with Gasteiger partial charge < -0.3 is 14.8 Å². The molecule has 3 nitrogen and oxygen atoms in total. The summed E-state index contributed by atoms with van der Waals surface area (Å²) in [5, 5.41) is 3.48. The molecular weight excluding hydrogens is 214 g/mol. The van der Waals surface area contributed by atoms with Gasteiger partial charge in [-0.3, -0.25) is 0 Å². The lowest BCUT2D eigenvalue weighted by molar-refractivity contribution is 0.173. The molecule has 0 amide bonds. The zero-order chi connectivity index (χ0) is 12.1. The molecule has 0 bridgehead atoms. The molecule has 1 atom stereocenters. The molecule has 0 fully saturated rings. The molecule has 1 aromatic rings. The lowest BCUT2D eigenvalue weighted by Crippen LogP contribution is -2.25. The monoisotopic (exact) mass is 233 g/mol. The van der Waals surface area contributed by atoms with Crippen LogP contribution in [0.25, 0.3) is 0 Å². The Labute approximate surface area is 102 Å². The number of benzene rings is 1. The van der Waals surface area contributed by atoms with E-state index < -0.39 is 0 Å². The highest BCUT2D eigenvalue weighted by Crippen LogP contribution is 2.35. The molecule has 17 heavy (non-hydrogen) atoms. The Morgan fingerprint density at radius 3 is 3.18 bits per heavy atom. The topological polar surface area (TPSA) is 30.5 Å². The Balaban J connectivity index is 1.91. The molecule has 0 saturated heterocycles. The predicted molar refractivity (Wildman–Crippen MR) is 68.3 cm³/mol. The highest BCUT2D eigenvalue weighted by Gasteiger charge is 2.16. The zero-order valence-corrected chi connectivity index (χ0v) is 10.2. The summed E-state index contributed by atoms with van der Waals surface area (Å²) in [4.78, 5) is 0. The summed E-state index contributed by atoms with van der Waals surface area (Å²) in [6.07, 6.45) is 4.10. The number of allylic oxidation sites excluding steroid dienone is 1. The molecule has 0 spiro atoms. The van der Waals surface area contributed by atoms with Crippen LogP contribution in [0.1, 0.15) is 25.3 Å². The molecule has 3 heteroatoms. The number of para-hydroxylation sites is 1. The van der Waals surface area contributed by atoms with Crippen LogP contribution < -0.4 is 14.8 Å². The smallest absolute Gasteiger partial charge is 0.231 e. The third-order valence-corrected chi connectivity index (χ3v) is 2.92. The second-order valence-corrected chi connectivity index (χ2v) is 4.30. The molecule has 1 aliphatic rings. The van der Waals surface area contributed by atoms with Crippen molar-refractivity contribution in [2.45, 2.75) is 32.4 Å². The summed E-state index contributed by atoms with van der Waals surface area (Å²) in [5.74, 6) is 1.74. The first-order chi connectivity index (χ1) is 8.31. The van der Waals surface area contributed by atoms with Crippen molar-refractivity contribution >= 4 is 0 Å².